The number of aromatic hydroxyl groups is 1. The normalized spacial score (nSPS) is 17.9. The Bertz CT molecular complexity index is 1050. The highest BCUT2D eigenvalue weighted by molar-refractivity contribution is 6.32. The third-order valence-corrected chi connectivity index (χ3v) is 5.48. The van der Waals surface area contributed by atoms with E-state index in [1.165, 1.54) is 0 Å². The SMILES string of the molecule is CC(COc1c2ccc(Cl)cc2c(O)c2ccc(Cl)cc12)OCC(C)OCC1CO1. The van der Waals surface area contributed by atoms with Crippen LogP contribution in [0.15, 0.2) is 36.4 Å². The number of epoxide rings is 1. The second-order valence-corrected chi connectivity index (χ2v) is 8.48. The van der Waals surface area contributed by atoms with Crippen LogP contribution in [0.4, 0.5) is 0 Å². The van der Waals surface area contributed by atoms with E-state index < -0.39 is 0 Å². The molecule has 5 nitrogen and oxygen atoms in total. The Morgan fingerprint density at radius 2 is 1.57 bits per heavy atom. The number of ether oxygens (including phenoxy) is 4. The van der Waals surface area contributed by atoms with Gasteiger partial charge in [-0.3, -0.25) is 0 Å². The molecule has 1 N–H and O–H groups in total. The van der Waals surface area contributed by atoms with Gasteiger partial charge in [-0.25, -0.2) is 0 Å². The third kappa shape index (κ3) is 4.93. The van der Waals surface area contributed by atoms with Gasteiger partial charge in [0.1, 0.15) is 24.2 Å². The Hall–Kier alpha value is -1.76. The molecule has 30 heavy (non-hydrogen) atoms. The first-order valence-electron chi connectivity index (χ1n) is 9.93. The molecule has 1 aliphatic heterocycles. The van der Waals surface area contributed by atoms with E-state index in [0.717, 1.165) is 17.4 Å². The number of fused-ring (bicyclic) bond motifs is 2. The zero-order valence-electron chi connectivity index (χ0n) is 16.9. The highest BCUT2D eigenvalue weighted by Crippen LogP contribution is 2.43. The number of benzene rings is 3. The van der Waals surface area contributed by atoms with Crippen LogP contribution in [0.2, 0.25) is 10.0 Å². The summed E-state index contributed by atoms with van der Waals surface area (Å²) in [4.78, 5) is 0. The van der Waals surface area contributed by atoms with E-state index in [0.29, 0.717) is 46.4 Å². The largest absolute Gasteiger partial charge is 0.507 e. The van der Waals surface area contributed by atoms with Gasteiger partial charge in [-0.1, -0.05) is 23.2 Å². The summed E-state index contributed by atoms with van der Waals surface area (Å²) in [5.41, 5.74) is 0. The van der Waals surface area contributed by atoms with Gasteiger partial charge in [-0.15, -0.1) is 0 Å². The first-order chi connectivity index (χ1) is 14.4. The maximum atomic E-state index is 10.8. The van der Waals surface area contributed by atoms with E-state index in [1.54, 1.807) is 30.3 Å². The second-order valence-electron chi connectivity index (χ2n) is 7.61. The third-order valence-electron chi connectivity index (χ3n) is 5.01. The smallest absolute Gasteiger partial charge is 0.135 e. The zero-order chi connectivity index (χ0) is 21.3. The average Bonchev–Trinajstić information content (AvgIpc) is 3.55. The number of halogens is 2. The molecule has 7 heteroatoms. The Labute approximate surface area is 185 Å². The van der Waals surface area contributed by atoms with Crippen molar-refractivity contribution in [3.63, 3.8) is 0 Å². The van der Waals surface area contributed by atoms with Crippen molar-refractivity contribution >= 4 is 44.7 Å². The molecule has 4 rings (SSSR count). The van der Waals surface area contributed by atoms with Crippen LogP contribution in [0, 0.1) is 0 Å². The van der Waals surface area contributed by atoms with Crippen molar-refractivity contribution in [1.29, 1.82) is 0 Å². The standard InChI is InChI=1S/C23H24Cl2O5/c1-13(28-11-17-12-29-17)9-27-14(2)10-30-23-19-6-4-15(24)7-20(19)22(26)18-5-3-16(25)8-21(18)23/h3-8,13-14,17,26H,9-12H2,1-2H3. The minimum absolute atomic E-state index is 0.0204. The average molecular weight is 451 g/mol. The van der Waals surface area contributed by atoms with Crippen LogP contribution in [0.25, 0.3) is 21.5 Å². The molecule has 3 unspecified atom stereocenters. The second kappa shape index (κ2) is 9.16. The lowest BCUT2D eigenvalue weighted by Crippen LogP contribution is -2.25. The molecule has 0 saturated carbocycles. The molecular formula is C23H24Cl2O5. The van der Waals surface area contributed by atoms with Gasteiger partial charge in [-0.05, 0) is 50.2 Å². The van der Waals surface area contributed by atoms with Crippen molar-refractivity contribution in [2.75, 3.05) is 26.4 Å². The number of hydrogen-bond donors (Lipinski definition) is 1. The summed E-state index contributed by atoms with van der Waals surface area (Å²) in [7, 11) is 0. The Morgan fingerprint density at radius 3 is 2.27 bits per heavy atom. The summed E-state index contributed by atoms with van der Waals surface area (Å²) in [6.07, 6.45) is 0.0659. The van der Waals surface area contributed by atoms with Gasteiger partial charge in [0.2, 0.25) is 0 Å². The fourth-order valence-corrected chi connectivity index (χ4v) is 3.64. The fourth-order valence-electron chi connectivity index (χ4n) is 3.30. The molecule has 0 aromatic heterocycles. The predicted molar refractivity (Wildman–Crippen MR) is 119 cm³/mol. The number of hydrogen-bond acceptors (Lipinski definition) is 5. The topological polar surface area (TPSA) is 60.5 Å². The highest BCUT2D eigenvalue weighted by Gasteiger charge is 2.23. The lowest BCUT2D eigenvalue weighted by molar-refractivity contribution is -0.0449. The summed E-state index contributed by atoms with van der Waals surface area (Å²) in [5, 5.41) is 14.7. The predicted octanol–water partition coefficient (Wildman–Crippen LogP) is 5.59. The van der Waals surface area contributed by atoms with E-state index in [-0.39, 0.29) is 24.1 Å². The van der Waals surface area contributed by atoms with Crippen LogP contribution in [-0.4, -0.2) is 49.8 Å². The molecule has 1 saturated heterocycles. The quantitative estimate of drug-likeness (QED) is 0.339. The number of phenols is 1. The van der Waals surface area contributed by atoms with Crippen LogP contribution in [0.5, 0.6) is 11.5 Å². The molecule has 0 amide bonds. The summed E-state index contributed by atoms with van der Waals surface area (Å²) in [6.45, 7) is 6.11. The van der Waals surface area contributed by atoms with Gasteiger partial charge in [0.05, 0.1) is 32.0 Å². The molecule has 1 heterocycles. The molecule has 1 fully saturated rings. The summed E-state index contributed by atoms with van der Waals surface area (Å²) in [5.74, 6) is 0.795. The Kier molecular flexibility index (Phi) is 6.56. The van der Waals surface area contributed by atoms with Gasteiger partial charge in [0.25, 0.3) is 0 Å². The molecule has 160 valence electrons. The number of rotatable bonds is 9. The minimum atomic E-state index is -0.154. The molecule has 3 atom stereocenters. The van der Waals surface area contributed by atoms with Crippen LogP contribution in [0.3, 0.4) is 0 Å². The molecule has 1 aliphatic rings. The highest BCUT2D eigenvalue weighted by atomic mass is 35.5. The van der Waals surface area contributed by atoms with Crippen molar-refractivity contribution in [2.45, 2.75) is 32.2 Å². The maximum absolute atomic E-state index is 10.8. The lowest BCUT2D eigenvalue weighted by atomic mass is 10.0. The maximum Gasteiger partial charge on any atom is 0.135 e. The van der Waals surface area contributed by atoms with E-state index >= 15 is 0 Å². The van der Waals surface area contributed by atoms with Gasteiger partial charge < -0.3 is 24.1 Å². The summed E-state index contributed by atoms with van der Waals surface area (Å²) in [6, 6.07) is 10.7. The first-order valence-corrected chi connectivity index (χ1v) is 10.7. The van der Waals surface area contributed by atoms with Gasteiger partial charge in [0, 0.05) is 31.6 Å². The minimum Gasteiger partial charge on any atom is -0.507 e. The van der Waals surface area contributed by atoms with E-state index in [9.17, 15) is 5.11 Å². The molecule has 0 aliphatic carbocycles. The first kappa shape index (κ1) is 21.5. The van der Waals surface area contributed by atoms with Gasteiger partial charge >= 0.3 is 0 Å². The Morgan fingerprint density at radius 1 is 0.933 bits per heavy atom. The van der Waals surface area contributed by atoms with E-state index in [4.69, 9.17) is 42.1 Å². The van der Waals surface area contributed by atoms with Crippen LogP contribution >= 0.6 is 23.2 Å². The van der Waals surface area contributed by atoms with Crippen LogP contribution in [-0.2, 0) is 14.2 Å². The zero-order valence-corrected chi connectivity index (χ0v) is 18.4. The van der Waals surface area contributed by atoms with Crippen molar-refractivity contribution < 1.29 is 24.1 Å². The fraction of sp³-hybridized carbons (Fsp3) is 0.391. The van der Waals surface area contributed by atoms with E-state index in [2.05, 4.69) is 0 Å². The molecule has 3 aromatic carbocycles. The molecule has 3 aromatic rings. The molecule has 0 radical (unpaired) electrons. The Balaban J connectivity index is 1.52. The van der Waals surface area contributed by atoms with Crippen LogP contribution < -0.4 is 4.74 Å². The molecule has 0 spiro atoms. The molecule has 0 bridgehead atoms. The van der Waals surface area contributed by atoms with Crippen molar-refractivity contribution in [3.05, 3.63) is 46.4 Å². The van der Waals surface area contributed by atoms with E-state index in [1.807, 2.05) is 19.9 Å². The summed E-state index contributed by atoms with van der Waals surface area (Å²) < 4.78 is 22.9. The van der Waals surface area contributed by atoms with Crippen molar-refractivity contribution in [2.24, 2.45) is 0 Å². The number of phenolic OH excluding ortho intramolecular Hbond substituents is 1. The summed E-state index contributed by atoms with van der Waals surface area (Å²) >= 11 is 12.4. The van der Waals surface area contributed by atoms with Crippen molar-refractivity contribution in [3.8, 4) is 11.5 Å². The van der Waals surface area contributed by atoms with Crippen molar-refractivity contribution in [1.82, 2.24) is 0 Å². The lowest BCUT2D eigenvalue weighted by Gasteiger charge is -2.20. The van der Waals surface area contributed by atoms with Crippen LogP contribution in [0.1, 0.15) is 13.8 Å². The molecular weight excluding hydrogens is 427 g/mol. The van der Waals surface area contributed by atoms with Gasteiger partial charge in [0.15, 0.2) is 0 Å². The monoisotopic (exact) mass is 450 g/mol. The van der Waals surface area contributed by atoms with Gasteiger partial charge in [-0.2, -0.15) is 0 Å².